The maximum Gasteiger partial charge on any atom is 0.247 e. The van der Waals surface area contributed by atoms with E-state index in [1.54, 1.807) is 18.2 Å². The predicted molar refractivity (Wildman–Crippen MR) is 95.7 cm³/mol. The van der Waals surface area contributed by atoms with E-state index in [1.807, 2.05) is 6.07 Å². The first-order valence-corrected chi connectivity index (χ1v) is 8.69. The molecule has 0 spiro atoms. The van der Waals surface area contributed by atoms with Gasteiger partial charge in [0, 0.05) is 18.2 Å². The lowest BCUT2D eigenvalue weighted by Gasteiger charge is -2.06. The number of anilines is 2. The molecular formula is C17H18N4O3S. The van der Waals surface area contributed by atoms with Crippen molar-refractivity contribution in [3.8, 4) is 0 Å². The molecule has 2 amide bonds. The molecule has 8 heteroatoms. The van der Waals surface area contributed by atoms with E-state index in [2.05, 4.69) is 27.4 Å². The fourth-order valence-corrected chi connectivity index (χ4v) is 3.36. The molecule has 0 aliphatic carbocycles. The third-order valence-corrected chi connectivity index (χ3v) is 4.71. The molecule has 1 atom stereocenters. The molecule has 1 aliphatic rings. The Labute approximate surface area is 149 Å². The van der Waals surface area contributed by atoms with Crippen LogP contribution in [0.15, 0.2) is 36.9 Å². The van der Waals surface area contributed by atoms with Gasteiger partial charge in [0.15, 0.2) is 0 Å². The summed E-state index contributed by atoms with van der Waals surface area (Å²) in [6, 6.07) is 7.11. The Balaban J connectivity index is 1.58. The number of rotatable bonds is 6. The SMILES string of the molecule is C=CC(=O)Nc1cccc(CC(=O)Nc2nnc(C3CCOC3)s2)c1. The van der Waals surface area contributed by atoms with Crippen LogP contribution in [0.4, 0.5) is 10.8 Å². The fourth-order valence-electron chi connectivity index (χ4n) is 2.48. The summed E-state index contributed by atoms with van der Waals surface area (Å²) in [5.41, 5.74) is 1.41. The summed E-state index contributed by atoms with van der Waals surface area (Å²) in [4.78, 5) is 23.5. The summed E-state index contributed by atoms with van der Waals surface area (Å²) in [5.74, 6) is -0.204. The highest BCUT2D eigenvalue weighted by molar-refractivity contribution is 7.15. The number of carbonyl (C=O) groups is 2. The molecule has 2 aromatic rings. The average Bonchev–Trinajstić information content (AvgIpc) is 3.26. The molecule has 1 fully saturated rings. The van der Waals surface area contributed by atoms with Gasteiger partial charge >= 0.3 is 0 Å². The Morgan fingerprint density at radius 2 is 2.24 bits per heavy atom. The first kappa shape index (κ1) is 17.2. The highest BCUT2D eigenvalue weighted by atomic mass is 32.1. The third-order valence-electron chi connectivity index (χ3n) is 3.71. The Bertz CT molecular complexity index is 784. The van der Waals surface area contributed by atoms with Crippen LogP contribution in [-0.4, -0.2) is 35.2 Å². The number of benzene rings is 1. The average molecular weight is 358 g/mol. The second kappa shape index (κ2) is 8.00. The number of amides is 2. The maximum absolute atomic E-state index is 12.2. The van der Waals surface area contributed by atoms with Crippen LogP contribution in [0, 0.1) is 0 Å². The predicted octanol–water partition coefficient (Wildman–Crippen LogP) is 2.35. The lowest BCUT2D eigenvalue weighted by Crippen LogP contribution is -2.14. The highest BCUT2D eigenvalue weighted by Gasteiger charge is 2.22. The van der Waals surface area contributed by atoms with Crippen LogP contribution in [0.1, 0.15) is 22.9 Å². The van der Waals surface area contributed by atoms with Gasteiger partial charge in [-0.1, -0.05) is 30.0 Å². The standard InChI is InChI=1S/C17H18N4O3S/c1-2-14(22)18-13-5-3-4-11(8-13)9-15(23)19-17-21-20-16(25-17)12-6-7-24-10-12/h2-5,8,12H,1,6-7,9-10H2,(H,18,22)(H,19,21,23). The molecule has 1 aliphatic heterocycles. The van der Waals surface area contributed by atoms with Crippen molar-refractivity contribution < 1.29 is 14.3 Å². The van der Waals surface area contributed by atoms with Crippen LogP contribution in [0.2, 0.25) is 0 Å². The number of ether oxygens (including phenoxy) is 1. The number of carbonyl (C=O) groups excluding carboxylic acids is 2. The number of hydrogen-bond acceptors (Lipinski definition) is 6. The molecule has 3 rings (SSSR count). The Morgan fingerprint density at radius 3 is 3.00 bits per heavy atom. The smallest absolute Gasteiger partial charge is 0.247 e. The second-order valence-electron chi connectivity index (χ2n) is 5.62. The molecular weight excluding hydrogens is 340 g/mol. The molecule has 0 saturated carbocycles. The minimum absolute atomic E-state index is 0.180. The van der Waals surface area contributed by atoms with Crippen LogP contribution in [0.25, 0.3) is 0 Å². The molecule has 0 radical (unpaired) electrons. The summed E-state index contributed by atoms with van der Waals surface area (Å²) in [5, 5.41) is 15.0. The van der Waals surface area contributed by atoms with Gasteiger partial charge in [-0.3, -0.25) is 9.59 Å². The van der Waals surface area contributed by atoms with Crippen molar-refractivity contribution in [1.29, 1.82) is 0 Å². The van der Waals surface area contributed by atoms with Gasteiger partial charge in [-0.2, -0.15) is 0 Å². The molecule has 2 N–H and O–H groups in total. The first-order chi connectivity index (χ1) is 12.1. The van der Waals surface area contributed by atoms with Gasteiger partial charge in [0.25, 0.3) is 0 Å². The molecule has 130 valence electrons. The molecule has 1 aromatic carbocycles. The Morgan fingerprint density at radius 1 is 1.36 bits per heavy atom. The quantitative estimate of drug-likeness (QED) is 0.773. The van der Waals surface area contributed by atoms with Crippen molar-refractivity contribution >= 4 is 34.0 Å². The van der Waals surface area contributed by atoms with E-state index in [1.165, 1.54) is 17.4 Å². The van der Waals surface area contributed by atoms with Gasteiger partial charge in [-0.15, -0.1) is 10.2 Å². The van der Waals surface area contributed by atoms with Gasteiger partial charge in [0.2, 0.25) is 16.9 Å². The largest absolute Gasteiger partial charge is 0.381 e. The Hall–Kier alpha value is -2.58. The summed E-state index contributed by atoms with van der Waals surface area (Å²) in [6.45, 7) is 4.81. The Kier molecular flexibility index (Phi) is 5.52. The normalized spacial score (nSPS) is 16.4. The number of hydrogen-bond donors (Lipinski definition) is 2. The van der Waals surface area contributed by atoms with Crippen molar-refractivity contribution in [3.63, 3.8) is 0 Å². The van der Waals surface area contributed by atoms with Gasteiger partial charge in [-0.05, 0) is 30.2 Å². The number of nitrogens with zero attached hydrogens (tertiary/aromatic N) is 2. The van der Waals surface area contributed by atoms with Crippen LogP contribution in [0.3, 0.4) is 0 Å². The van der Waals surface area contributed by atoms with Crippen molar-refractivity contribution in [2.24, 2.45) is 0 Å². The minimum atomic E-state index is -0.293. The van der Waals surface area contributed by atoms with E-state index >= 15 is 0 Å². The van der Waals surface area contributed by atoms with E-state index in [0.29, 0.717) is 17.4 Å². The summed E-state index contributed by atoms with van der Waals surface area (Å²) >= 11 is 1.38. The zero-order chi connectivity index (χ0) is 17.6. The lowest BCUT2D eigenvalue weighted by molar-refractivity contribution is -0.115. The fraction of sp³-hybridized carbons (Fsp3) is 0.294. The van der Waals surface area contributed by atoms with E-state index in [0.717, 1.165) is 23.6 Å². The second-order valence-corrected chi connectivity index (χ2v) is 6.63. The van der Waals surface area contributed by atoms with Crippen molar-refractivity contribution in [3.05, 3.63) is 47.5 Å². The van der Waals surface area contributed by atoms with Gasteiger partial charge < -0.3 is 15.4 Å². The van der Waals surface area contributed by atoms with Crippen LogP contribution < -0.4 is 10.6 Å². The molecule has 2 heterocycles. The summed E-state index contributed by atoms with van der Waals surface area (Å²) < 4.78 is 5.34. The van der Waals surface area contributed by atoms with E-state index in [-0.39, 0.29) is 24.2 Å². The highest BCUT2D eigenvalue weighted by Crippen LogP contribution is 2.29. The van der Waals surface area contributed by atoms with Crippen molar-refractivity contribution in [1.82, 2.24) is 10.2 Å². The van der Waals surface area contributed by atoms with Crippen LogP contribution in [0.5, 0.6) is 0 Å². The molecule has 7 nitrogen and oxygen atoms in total. The van der Waals surface area contributed by atoms with Gasteiger partial charge in [-0.25, -0.2) is 0 Å². The van der Waals surface area contributed by atoms with Gasteiger partial charge in [0.1, 0.15) is 5.01 Å². The van der Waals surface area contributed by atoms with E-state index in [4.69, 9.17) is 4.74 Å². The zero-order valence-electron chi connectivity index (χ0n) is 13.5. The van der Waals surface area contributed by atoms with Crippen LogP contribution >= 0.6 is 11.3 Å². The maximum atomic E-state index is 12.2. The van der Waals surface area contributed by atoms with E-state index in [9.17, 15) is 9.59 Å². The molecule has 1 unspecified atom stereocenters. The minimum Gasteiger partial charge on any atom is -0.381 e. The zero-order valence-corrected chi connectivity index (χ0v) is 14.3. The summed E-state index contributed by atoms with van der Waals surface area (Å²) in [6.07, 6.45) is 2.31. The third kappa shape index (κ3) is 4.71. The molecule has 1 saturated heterocycles. The molecule has 0 bridgehead atoms. The van der Waals surface area contributed by atoms with E-state index < -0.39 is 0 Å². The molecule has 1 aromatic heterocycles. The van der Waals surface area contributed by atoms with Gasteiger partial charge in [0.05, 0.1) is 13.0 Å². The van der Waals surface area contributed by atoms with Crippen molar-refractivity contribution in [2.75, 3.05) is 23.8 Å². The monoisotopic (exact) mass is 358 g/mol. The first-order valence-electron chi connectivity index (χ1n) is 7.87. The topological polar surface area (TPSA) is 93.2 Å². The number of nitrogens with one attached hydrogen (secondary N) is 2. The van der Waals surface area contributed by atoms with Crippen LogP contribution in [-0.2, 0) is 20.7 Å². The summed E-state index contributed by atoms with van der Waals surface area (Å²) in [7, 11) is 0. The molecule has 25 heavy (non-hydrogen) atoms. The lowest BCUT2D eigenvalue weighted by atomic mass is 10.1. The van der Waals surface area contributed by atoms with Crippen molar-refractivity contribution in [2.45, 2.75) is 18.8 Å². The number of aromatic nitrogens is 2.